The van der Waals surface area contributed by atoms with Crippen molar-refractivity contribution in [2.75, 3.05) is 26.4 Å². The summed E-state index contributed by atoms with van der Waals surface area (Å²) in [5.74, 6) is 0.270. The summed E-state index contributed by atoms with van der Waals surface area (Å²) in [7, 11) is -8.21. The van der Waals surface area contributed by atoms with Gasteiger partial charge in [-0.1, -0.05) is 47.6 Å². The van der Waals surface area contributed by atoms with Crippen molar-refractivity contribution in [2.24, 2.45) is 17.8 Å². The molecule has 0 radical (unpaired) electrons. The van der Waals surface area contributed by atoms with Gasteiger partial charge in [-0.05, 0) is 17.8 Å². The Bertz CT molecular complexity index is 433. The highest BCUT2D eigenvalue weighted by molar-refractivity contribution is 7.62. The Kier molecular flexibility index (Phi) is 11.6. The Morgan fingerprint density at radius 3 is 1.38 bits per heavy atom. The first-order valence-corrected chi connectivity index (χ1v) is 11.0. The lowest BCUT2D eigenvalue weighted by atomic mass is 10.2. The summed E-state index contributed by atoms with van der Waals surface area (Å²) in [6.07, 6.45) is 1.39. The van der Waals surface area contributed by atoms with Crippen molar-refractivity contribution in [2.45, 2.75) is 41.5 Å². The maximum atomic E-state index is 12.8. The summed E-state index contributed by atoms with van der Waals surface area (Å²) in [4.78, 5) is 0. The molecule has 0 aromatic heterocycles. The summed E-state index contributed by atoms with van der Waals surface area (Å²) in [5, 5.41) is 0. The summed E-state index contributed by atoms with van der Waals surface area (Å²) in [5.41, 5.74) is 0. The molecule has 0 spiro atoms. The highest BCUT2D eigenvalue weighted by atomic mass is 31.3. The molecular weight excluding hydrogens is 354 g/mol. The molecule has 9 heteroatoms. The van der Waals surface area contributed by atoms with Crippen LogP contribution in [-0.2, 0) is 31.5 Å². The molecule has 24 heavy (non-hydrogen) atoms. The van der Waals surface area contributed by atoms with Gasteiger partial charge >= 0.3 is 15.6 Å². The van der Waals surface area contributed by atoms with Crippen LogP contribution >= 0.6 is 15.6 Å². The quantitative estimate of drug-likeness (QED) is 0.290. The fourth-order valence-corrected chi connectivity index (χ4v) is 4.77. The van der Waals surface area contributed by atoms with Crippen molar-refractivity contribution >= 4 is 15.6 Å². The molecule has 0 aliphatic carbocycles. The van der Waals surface area contributed by atoms with Crippen LogP contribution in [0.1, 0.15) is 41.5 Å². The normalized spacial score (nSPS) is 15.2. The predicted octanol–water partition coefficient (Wildman–Crippen LogP) is 5.44. The Balaban J connectivity index is 5.18. The maximum absolute atomic E-state index is 12.8. The highest BCUT2D eigenvalue weighted by Gasteiger charge is 2.41. The molecule has 0 amide bonds. The zero-order valence-electron chi connectivity index (χ0n) is 15.6. The lowest BCUT2D eigenvalue weighted by Gasteiger charge is -2.24. The van der Waals surface area contributed by atoms with Gasteiger partial charge in [-0.2, -0.15) is 4.31 Å². The van der Waals surface area contributed by atoms with E-state index in [9.17, 15) is 9.13 Å². The molecule has 7 nitrogen and oxygen atoms in total. The van der Waals surface area contributed by atoms with Crippen molar-refractivity contribution in [3.8, 4) is 0 Å². The number of phosphoric ester groups is 2. The van der Waals surface area contributed by atoms with Crippen LogP contribution in [0.5, 0.6) is 0 Å². The van der Waals surface area contributed by atoms with Crippen molar-refractivity contribution in [3.05, 3.63) is 12.7 Å². The molecule has 0 rings (SSSR count). The van der Waals surface area contributed by atoms with Crippen LogP contribution in [-0.4, -0.2) is 26.4 Å². The van der Waals surface area contributed by atoms with Gasteiger partial charge in [-0.25, -0.2) is 9.13 Å². The first-order valence-electron chi connectivity index (χ1n) is 8.12. The third-order valence-corrected chi connectivity index (χ3v) is 5.71. The average Bonchev–Trinajstić information content (AvgIpc) is 2.47. The fraction of sp³-hybridized carbons (Fsp3) is 0.867. The third-order valence-electron chi connectivity index (χ3n) is 2.25. The molecule has 0 aromatic rings. The van der Waals surface area contributed by atoms with Crippen molar-refractivity contribution in [1.29, 1.82) is 0 Å². The Morgan fingerprint density at radius 2 is 1.08 bits per heavy atom. The topological polar surface area (TPSA) is 80.3 Å². The Morgan fingerprint density at radius 1 is 0.750 bits per heavy atom. The molecule has 1 unspecified atom stereocenters. The van der Waals surface area contributed by atoms with Crippen molar-refractivity contribution in [3.63, 3.8) is 0 Å². The van der Waals surface area contributed by atoms with Crippen molar-refractivity contribution < 1.29 is 31.5 Å². The molecule has 144 valence electrons. The lowest BCUT2D eigenvalue weighted by Crippen LogP contribution is -2.10. The van der Waals surface area contributed by atoms with E-state index in [-0.39, 0.29) is 44.2 Å². The van der Waals surface area contributed by atoms with E-state index in [0.717, 1.165) is 0 Å². The van der Waals surface area contributed by atoms with Crippen LogP contribution in [0.4, 0.5) is 0 Å². The predicted molar refractivity (Wildman–Crippen MR) is 94.8 cm³/mol. The van der Waals surface area contributed by atoms with Gasteiger partial charge in [0.1, 0.15) is 0 Å². The van der Waals surface area contributed by atoms with Crippen LogP contribution in [0.15, 0.2) is 12.7 Å². The van der Waals surface area contributed by atoms with E-state index in [1.807, 2.05) is 41.5 Å². The second-order valence-electron chi connectivity index (χ2n) is 6.63. The fourth-order valence-electron chi connectivity index (χ4n) is 1.16. The molecule has 0 heterocycles. The zero-order valence-corrected chi connectivity index (χ0v) is 17.4. The minimum atomic E-state index is -4.12. The second-order valence-corrected chi connectivity index (χ2v) is 10.1. The largest absolute Gasteiger partial charge is 0.484 e. The summed E-state index contributed by atoms with van der Waals surface area (Å²) in [6.45, 7) is 15.1. The molecule has 0 aliphatic heterocycles. The van der Waals surface area contributed by atoms with E-state index in [0.29, 0.717) is 0 Å². The average molecular weight is 386 g/mol. The van der Waals surface area contributed by atoms with E-state index < -0.39 is 15.6 Å². The molecule has 0 saturated heterocycles. The second kappa shape index (κ2) is 11.6. The summed E-state index contributed by atoms with van der Waals surface area (Å²) in [6, 6.07) is 0. The number of hydrogen-bond donors (Lipinski definition) is 0. The number of rotatable bonds is 14. The maximum Gasteiger partial charge on any atom is 0.484 e. The van der Waals surface area contributed by atoms with Crippen LogP contribution in [0.3, 0.4) is 0 Å². The Labute approximate surface area is 146 Å². The smallest absolute Gasteiger partial charge is 0.286 e. The monoisotopic (exact) mass is 386 g/mol. The standard InChI is InChI=1S/C15H32O7P2/c1-8-9-18-23(16,19-10-13(2)3)22-24(17,20-11-14(4)5)21-12-15(6)7/h8,13-15H,1,9-12H2,2-7H3. The third kappa shape index (κ3) is 11.5. The van der Waals surface area contributed by atoms with E-state index in [4.69, 9.17) is 22.4 Å². The number of phosphoric acid groups is 2. The number of hydrogen-bond acceptors (Lipinski definition) is 7. The van der Waals surface area contributed by atoms with Gasteiger partial charge in [0.15, 0.2) is 0 Å². The van der Waals surface area contributed by atoms with E-state index in [1.165, 1.54) is 6.08 Å². The van der Waals surface area contributed by atoms with E-state index >= 15 is 0 Å². The van der Waals surface area contributed by atoms with Gasteiger partial charge < -0.3 is 0 Å². The Hall–Kier alpha value is -0.0000000000000000416. The lowest BCUT2D eigenvalue weighted by molar-refractivity contribution is 0.0970. The van der Waals surface area contributed by atoms with Gasteiger partial charge in [-0.3, -0.25) is 18.1 Å². The molecule has 0 bridgehead atoms. The van der Waals surface area contributed by atoms with Crippen LogP contribution < -0.4 is 0 Å². The van der Waals surface area contributed by atoms with Gasteiger partial charge in [0.2, 0.25) is 0 Å². The first-order chi connectivity index (χ1) is 11.0. The summed E-state index contributed by atoms with van der Waals surface area (Å²) < 4.78 is 51.6. The molecule has 1 atom stereocenters. The molecular formula is C15H32O7P2. The minimum absolute atomic E-state index is 0.0796. The SMILES string of the molecule is C=CCOP(=O)(OCC(C)C)OP(=O)(OCC(C)C)OCC(C)C. The van der Waals surface area contributed by atoms with Gasteiger partial charge in [0.05, 0.1) is 26.4 Å². The molecule has 0 fully saturated rings. The molecule has 0 aromatic carbocycles. The van der Waals surface area contributed by atoms with Gasteiger partial charge in [0.25, 0.3) is 0 Å². The van der Waals surface area contributed by atoms with Crippen LogP contribution in [0.25, 0.3) is 0 Å². The van der Waals surface area contributed by atoms with Gasteiger partial charge in [-0.15, -0.1) is 6.58 Å². The molecule has 0 N–H and O–H groups in total. The van der Waals surface area contributed by atoms with E-state index in [1.54, 1.807) is 0 Å². The van der Waals surface area contributed by atoms with E-state index in [2.05, 4.69) is 6.58 Å². The molecule has 0 saturated carbocycles. The first kappa shape index (κ1) is 24.0. The van der Waals surface area contributed by atoms with Crippen LogP contribution in [0.2, 0.25) is 0 Å². The van der Waals surface area contributed by atoms with Crippen molar-refractivity contribution in [1.82, 2.24) is 0 Å². The van der Waals surface area contributed by atoms with Crippen LogP contribution in [0, 0.1) is 17.8 Å². The molecule has 0 aliphatic rings. The minimum Gasteiger partial charge on any atom is -0.286 e. The summed E-state index contributed by atoms with van der Waals surface area (Å²) >= 11 is 0. The van der Waals surface area contributed by atoms with Gasteiger partial charge in [0, 0.05) is 0 Å². The highest BCUT2D eigenvalue weighted by Crippen LogP contribution is 2.66. The zero-order chi connectivity index (χ0) is 18.8.